The molecule has 0 aliphatic carbocycles. The summed E-state index contributed by atoms with van der Waals surface area (Å²) in [7, 11) is -3.77. The number of benzene rings is 1. The van der Waals surface area contributed by atoms with E-state index in [9.17, 15) is 8.42 Å². The molecule has 0 saturated heterocycles. The van der Waals surface area contributed by atoms with E-state index >= 15 is 0 Å². The van der Waals surface area contributed by atoms with Crippen molar-refractivity contribution >= 4 is 32.7 Å². The monoisotopic (exact) mass is 533 g/mol. The first-order valence-electron chi connectivity index (χ1n) is 11.7. The van der Waals surface area contributed by atoms with E-state index in [0.717, 1.165) is 27.3 Å². The highest BCUT2D eigenvalue weighted by Crippen LogP contribution is 2.31. The standard InChI is InChI=1S/C26H27N7O2S2/c1-17-29-20(16-36-17)14-28-25-23-22(18-8-6-5-7-9-18)10-11-33(23)31-24(30-25)19-12-21(15-27-13-19)37(34,35)32-26(2,3)4/h5-13,15-16,32H,14H2,1-4H3,(H,28,30,31). The van der Waals surface area contributed by atoms with Crippen molar-refractivity contribution in [3.8, 4) is 22.5 Å². The molecule has 190 valence electrons. The van der Waals surface area contributed by atoms with Crippen LogP contribution in [-0.2, 0) is 16.6 Å². The Labute approximate surface area is 219 Å². The van der Waals surface area contributed by atoms with Crippen LogP contribution >= 0.6 is 11.3 Å². The summed E-state index contributed by atoms with van der Waals surface area (Å²) < 4.78 is 30.3. The molecule has 0 atom stereocenters. The fourth-order valence-corrected chi connectivity index (χ4v) is 5.95. The molecular formula is C26H27N7O2S2. The summed E-state index contributed by atoms with van der Waals surface area (Å²) in [6.45, 7) is 7.82. The minimum Gasteiger partial charge on any atom is -0.362 e. The second-order valence-electron chi connectivity index (χ2n) is 9.65. The van der Waals surface area contributed by atoms with Gasteiger partial charge in [0.25, 0.3) is 0 Å². The van der Waals surface area contributed by atoms with Crippen LogP contribution in [0.3, 0.4) is 0 Å². The minimum absolute atomic E-state index is 0.0496. The lowest BCUT2D eigenvalue weighted by molar-refractivity contribution is 0.491. The maximum Gasteiger partial charge on any atom is 0.242 e. The Morgan fingerprint density at radius 2 is 1.81 bits per heavy atom. The summed E-state index contributed by atoms with van der Waals surface area (Å²) in [6, 6.07) is 13.6. The number of hydrogen-bond acceptors (Lipinski definition) is 8. The van der Waals surface area contributed by atoms with Gasteiger partial charge < -0.3 is 5.32 Å². The third-order valence-corrected chi connectivity index (χ3v) is 7.97. The second-order valence-corrected chi connectivity index (χ2v) is 12.4. The first kappa shape index (κ1) is 25.0. The summed E-state index contributed by atoms with van der Waals surface area (Å²) in [6.07, 6.45) is 4.76. The lowest BCUT2D eigenvalue weighted by Crippen LogP contribution is -2.40. The van der Waals surface area contributed by atoms with Gasteiger partial charge in [0.05, 0.1) is 17.2 Å². The van der Waals surface area contributed by atoms with Crippen LogP contribution in [0, 0.1) is 6.92 Å². The van der Waals surface area contributed by atoms with Crippen LogP contribution in [0.4, 0.5) is 5.82 Å². The van der Waals surface area contributed by atoms with Crippen LogP contribution in [0.25, 0.3) is 28.0 Å². The van der Waals surface area contributed by atoms with E-state index in [2.05, 4.69) is 20.0 Å². The second kappa shape index (κ2) is 9.66. The molecule has 0 bridgehead atoms. The van der Waals surface area contributed by atoms with Crippen molar-refractivity contribution < 1.29 is 8.42 Å². The smallest absolute Gasteiger partial charge is 0.242 e. The van der Waals surface area contributed by atoms with E-state index in [4.69, 9.17) is 10.1 Å². The quantitative estimate of drug-likeness (QED) is 0.305. The molecule has 0 amide bonds. The lowest BCUT2D eigenvalue weighted by Gasteiger charge is -2.20. The Hall–Kier alpha value is -3.67. The normalized spacial score (nSPS) is 12.2. The van der Waals surface area contributed by atoms with Crippen molar-refractivity contribution in [3.05, 3.63) is 77.1 Å². The van der Waals surface area contributed by atoms with Crippen LogP contribution in [-0.4, -0.2) is 38.5 Å². The molecule has 0 aliphatic heterocycles. The van der Waals surface area contributed by atoms with Crippen molar-refractivity contribution in [2.45, 2.75) is 44.7 Å². The fourth-order valence-electron chi connectivity index (χ4n) is 3.93. The molecule has 4 heterocycles. The van der Waals surface area contributed by atoms with Gasteiger partial charge in [0.15, 0.2) is 11.6 Å². The van der Waals surface area contributed by atoms with Crippen molar-refractivity contribution in [1.82, 2.24) is 29.3 Å². The zero-order valence-electron chi connectivity index (χ0n) is 20.9. The number of thiazole rings is 1. The number of aromatic nitrogens is 5. The van der Waals surface area contributed by atoms with E-state index in [-0.39, 0.29) is 4.90 Å². The number of aryl methyl sites for hydroxylation is 1. The number of pyridine rings is 1. The Morgan fingerprint density at radius 1 is 1.03 bits per heavy atom. The summed E-state index contributed by atoms with van der Waals surface area (Å²) in [5, 5.41) is 11.1. The van der Waals surface area contributed by atoms with Gasteiger partial charge in [0, 0.05) is 40.6 Å². The van der Waals surface area contributed by atoms with E-state index in [1.54, 1.807) is 42.8 Å². The number of rotatable bonds is 7. The fraction of sp³-hybridized carbons (Fsp3) is 0.231. The van der Waals surface area contributed by atoms with Gasteiger partial charge in [-0.3, -0.25) is 4.98 Å². The van der Waals surface area contributed by atoms with Gasteiger partial charge in [-0.25, -0.2) is 27.6 Å². The van der Waals surface area contributed by atoms with Crippen molar-refractivity contribution in [3.63, 3.8) is 0 Å². The summed E-state index contributed by atoms with van der Waals surface area (Å²) in [5.74, 6) is 0.959. The molecule has 37 heavy (non-hydrogen) atoms. The molecule has 0 fully saturated rings. The molecule has 4 aromatic heterocycles. The third kappa shape index (κ3) is 5.53. The Bertz CT molecular complexity index is 1670. The van der Waals surface area contributed by atoms with Crippen LogP contribution < -0.4 is 10.0 Å². The molecule has 0 saturated carbocycles. The molecule has 0 unspecified atom stereocenters. The topological polar surface area (TPSA) is 114 Å². The van der Waals surface area contributed by atoms with Gasteiger partial charge in [0.1, 0.15) is 10.4 Å². The molecule has 0 aliphatic rings. The molecule has 5 rings (SSSR count). The van der Waals surface area contributed by atoms with Gasteiger partial charge in [0.2, 0.25) is 10.0 Å². The van der Waals surface area contributed by atoms with Crippen molar-refractivity contribution in [2.75, 3.05) is 5.32 Å². The Kier molecular flexibility index (Phi) is 6.52. The van der Waals surface area contributed by atoms with Crippen molar-refractivity contribution in [2.24, 2.45) is 0 Å². The van der Waals surface area contributed by atoms with Gasteiger partial charge in [-0.1, -0.05) is 30.3 Å². The zero-order valence-corrected chi connectivity index (χ0v) is 22.6. The first-order chi connectivity index (χ1) is 17.6. The highest BCUT2D eigenvalue weighted by atomic mass is 32.2. The SMILES string of the molecule is Cc1nc(CNc2nc(-c3cncc(S(=O)(=O)NC(C)(C)C)c3)nn3ccc(-c4ccccc4)c23)cs1. The molecule has 9 nitrogen and oxygen atoms in total. The third-order valence-electron chi connectivity index (χ3n) is 5.42. The predicted molar refractivity (Wildman–Crippen MR) is 146 cm³/mol. The first-order valence-corrected chi connectivity index (χ1v) is 14.0. The number of hydrogen-bond donors (Lipinski definition) is 2. The van der Waals surface area contributed by atoms with Gasteiger partial charge >= 0.3 is 0 Å². The van der Waals surface area contributed by atoms with E-state index in [0.29, 0.717) is 23.8 Å². The lowest BCUT2D eigenvalue weighted by atomic mass is 10.1. The average Bonchev–Trinajstić information content (AvgIpc) is 3.48. The summed E-state index contributed by atoms with van der Waals surface area (Å²) in [5.41, 5.74) is 3.60. The Morgan fingerprint density at radius 3 is 2.51 bits per heavy atom. The minimum atomic E-state index is -3.77. The number of anilines is 1. The summed E-state index contributed by atoms with van der Waals surface area (Å²) in [4.78, 5) is 13.6. The van der Waals surface area contributed by atoms with Gasteiger partial charge in [-0.15, -0.1) is 16.4 Å². The van der Waals surface area contributed by atoms with E-state index in [1.165, 1.54) is 12.3 Å². The maximum atomic E-state index is 12.9. The largest absolute Gasteiger partial charge is 0.362 e. The molecule has 11 heteroatoms. The predicted octanol–water partition coefficient (Wildman–Crippen LogP) is 4.91. The summed E-state index contributed by atoms with van der Waals surface area (Å²) >= 11 is 1.59. The van der Waals surface area contributed by atoms with E-state index in [1.807, 2.05) is 54.9 Å². The number of sulfonamides is 1. The van der Waals surface area contributed by atoms with E-state index < -0.39 is 15.6 Å². The van der Waals surface area contributed by atoms with Crippen molar-refractivity contribution in [1.29, 1.82) is 0 Å². The molecular weight excluding hydrogens is 506 g/mol. The average molecular weight is 534 g/mol. The highest BCUT2D eigenvalue weighted by molar-refractivity contribution is 7.89. The van der Waals surface area contributed by atoms with Gasteiger partial charge in [-0.05, 0) is 45.4 Å². The zero-order chi connectivity index (χ0) is 26.2. The number of nitrogens with one attached hydrogen (secondary N) is 2. The number of nitrogens with zero attached hydrogens (tertiary/aromatic N) is 5. The van der Waals surface area contributed by atoms with Crippen LogP contribution in [0.1, 0.15) is 31.5 Å². The molecule has 1 aromatic carbocycles. The maximum absolute atomic E-state index is 12.9. The van der Waals surface area contributed by atoms with Crippen LogP contribution in [0.5, 0.6) is 0 Å². The molecule has 2 N–H and O–H groups in total. The van der Waals surface area contributed by atoms with Crippen LogP contribution in [0.15, 0.2) is 71.3 Å². The molecule has 0 spiro atoms. The highest BCUT2D eigenvalue weighted by Gasteiger charge is 2.23. The van der Waals surface area contributed by atoms with Gasteiger partial charge in [-0.2, -0.15) is 0 Å². The molecule has 5 aromatic rings. The van der Waals surface area contributed by atoms with Crippen LogP contribution in [0.2, 0.25) is 0 Å². The molecule has 0 radical (unpaired) electrons. The Balaban J connectivity index is 1.60. The number of fused-ring (bicyclic) bond motifs is 1.